The van der Waals surface area contributed by atoms with E-state index < -0.39 is 0 Å². The van der Waals surface area contributed by atoms with Gasteiger partial charge in [0.05, 0.1) is 19.6 Å². The number of hydrogen-bond donors (Lipinski definition) is 0. The molecule has 0 saturated carbocycles. The highest BCUT2D eigenvalue weighted by Gasteiger charge is 2.14. The van der Waals surface area contributed by atoms with Gasteiger partial charge in [0.2, 0.25) is 0 Å². The molecule has 0 spiro atoms. The first-order valence-corrected chi connectivity index (χ1v) is 6.97. The minimum Gasteiger partial charge on any atom is -0.493 e. The van der Waals surface area contributed by atoms with Crippen molar-refractivity contribution in [1.82, 2.24) is 0 Å². The molecular formula is C14H14BrClO3. The van der Waals surface area contributed by atoms with E-state index in [4.69, 9.17) is 25.5 Å². The average Bonchev–Trinajstić information content (AvgIpc) is 2.85. The van der Waals surface area contributed by atoms with Crippen LogP contribution in [0.4, 0.5) is 0 Å². The van der Waals surface area contributed by atoms with Crippen LogP contribution >= 0.6 is 27.5 Å². The van der Waals surface area contributed by atoms with Crippen LogP contribution in [-0.2, 0) is 6.42 Å². The Hall–Kier alpha value is -1.13. The topological polar surface area (TPSA) is 31.6 Å². The summed E-state index contributed by atoms with van der Waals surface area (Å²) in [5.41, 5.74) is 1.06. The standard InChI is InChI=1S/C14H14BrClO3/c1-17-12-4-3-9(8-13(12)18-2)7-10(16)11-5-6-14(15)19-11/h3-6,8,10H,7H2,1-2H3. The van der Waals surface area contributed by atoms with Crippen LogP contribution < -0.4 is 9.47 Å². The molecule has 2 aromatic rings. The fraction of sp³-hybridized carbons (Fsp3) is 0.286. The van der Waals surface area contributed by atoms with Crippen molar-refractivity contribution >= 4 is 27.5 Å². The molecule has 1 atom stereocenters. The number of hydrogen-bond acceptors (Lipinski definition) is 3. The van der Waals surface area contributed by atoms with Gasteiger partial charge in [-0.2, -0.15) is 0 Å². The summed E-state index contributed by atoms with van der Waals surface area (Å²) in [5.74, 6) is 2.14. The lowest BCUT2D eigenvalue weighted by Crippen LogP contribution is -1.97. The molecule has 1 aromatic heterocycles. The average molecular weight is 346 g/mol. The minimum atomic E-state index is -0.218. The molecular weight excluding hydrogens is 332 g/mol. The third kappa shape index (κ3) is 3.45. The molecule has 0 aliphatic rings. The molecule has 0 aliphatic carbocycles. The molecule has 0 amide bonds. The van der Waals surface area contributed by atoms with Gasteiger partial charge in [0, 0.05) is 0 Å². The van der Waals surface area contributed by atoms with Gasteiger partial charge in [0.1, 0.15) is 5.76 Å². The number of rotatable bonds is 5. The Morgan fingerprint density at radius 3 is 2.47 bits per heavy atom. The maximum Gasteiger partial charge on any atom is 0.169 e. The van der Waals surface area contributed by atoms with E-state index in [0.717, 1.165) is 11.3 Å². The zero-order valence-corrected chi connectivity index (χ0v) is 13.0. The molecule has 1 unspecified atom stereocenters. The van der Waals surface area contributed by atoms with Crippen LogP contribution in [0.15, 0.2) is 39.4 Å². The second kappa shape index (κ2) is 6.35. The molecule has 102 valence electrons. The highest BCUT2D eigenvalue weighted by Crippen LogP contribution is 2.32. The SMILES string of the molecule is COc1ccc(CC(Cl)c2ccc(Br)o2)cc1OC. The fourth-order valence-electron chi connectivity index (χ4n) is 1.81. The summed E-state index contributed by atoms with van der Waals surface area (Å²) in [6.07, 6.45) is 0.655. The predicted molar refractivity (Wildman–Crippen MR) is 78.3 cm³/mol. The van der Waals surface area contributed by atoms with Crippen molar-refractivity contribution in [2.24, 2.45) is 0 Å². The van der Waals surface area contributed by atoms with E-state index in [-0.39, 0.29) is 5.38 Å². The number of alkyl halides is 1. The molecule has 0 saturated heterocycles. The molecule has 0 radical (unpaired) electrons. The Labute approximate surface area is 125 Å². The van der Waals surface area contributed by atoms with Gasteiger partial charge in [-0.3, -0.25) is 0 Å². The van der Waals surface area contributed by atoms with E-state index >= 15 is 0 Å². The monoisotopic (exact) mass is 344 g/mol. The molecule has 0 fully saturated rings. The van der Waals surface area contributed by atoms with Crippen molar-refractivity contribution in [3.8, 4) is 11.5 Å². The van der Waals surface area contributed by atoms with Crippen molar-refractivity contribution in [3.63, 3.8) is 0 Å². The number of furan rings is 1. The van der Waals surface area contributed by atoms with Gasteiger partial charge in [-0.25, -0.2) is 0 Å². The summed E-state index contributed by atoms with van der Waals surface area (Å²) in [4.78, 5) is 0. The van der Waals surface area contributed by atoms with Crippen LogP contribution in [0.3, 0.4) is 0 Å². The van der Waals surface area contributed by atoms with E-state index in [1.807, 2.05) is 30.3 Å². The van der Waals surface area contributed by atoms with E-state index in [1.165, 1.54) is 0 Å². The summed E-state index contributed by atoms with van der Waals surface area (Å²) in [7, 11) is 3.23. The first-order valence-electron chi connectivity index (χ1n) is 5.74. The van der Waals surface area contributed by atoms with Crippen molar-refractivity contribution < 1.29 is 13.9 Å². The Balaban J connectivity index is 2.14. The van der Waals surface area contributed by atoms with Gasteiger partial charge in [-0.1, -0.05) is 6.07 Å². The van der Waals surface area contributed by atoms with Gasteiger partial charge in [0.25, 0.3) is 0 Å². The Morgan fingerprint density at radius 1 is 1.16 bits per heavy atom. The normalized spacial score (nSPS) is 12.2. The van der Waals surface area contributed by atoms with Crippen molar-refractivity contribution in [3.05, 3.63) is 46.3 Å². The number of ether oxygens (including phenoxy) is 2. The van der Waals surface area contributed by atoms with Gasteiger partial charge >= 0.3 is 0 Å². The quantitative estimate of drug-likeness (QED) is 0.743. The van der Waals surface area contributed by atoms with Gasteiger partial charge in [-0.05, 0) is 52.2 Å². The van der Waals surface area contributed by atoms with Crippen molar-refractivity contribution in [2.75, 3.05) is 14.2 Å². The minimum absolute atomic E-state index is 0.218. The van der Waals surface area contributed by atoms with E-state index in [2.05, 4.69) is 15.9 Å². The zero-order valence-electron chi connectivity index (χ0n) is 10.7. The summed E-state index contributed by atoms with van der Waals surface area (Å²) < 4.78 is 16.6. The Kier molecular flexibility index (Phi) is 4.77. The van der Waals surface area contributed by atoms with Gasteiger partial charge in [-0.15, -0.1) is 11.6 Å². The summed E-state index contributed by atoms with van der Waals surface area (Å²) >= 11 is 9.60. The predicted octanol–water partition coefficient (Wildman–Crippen LogP) is 4.58. The third-order valence-electron chi connectivity index (χ3n) is 2.77. The van der Waals surface area contributed by atoms with E-state index in [9.17, 15) is 0 Å². The second-order valence-corrected chi connectivity index (χ2v) is 5.31. The molecule has 1 aromatic carbocycles. The lowest BCUT2D eigenvalue weighted by atomic mass is 10.1. The third-order valence-corrected chi connectivity index (χ3v) is 3.56. The highest BCUT2D eigenvalue weighted by atomic mass is 79.9. The summed E-state index contributed by atoms with van der Waals surface area (Å²) in [6, 6.07) is 9.46. The lowest BCUT2D eigenvalue weighted by molar-refractivity contribution is 0.354. The van der Waals surface area contributed by atoms with Crippen LogP contribution in [0.25, 0.3) is 0 Å². The molecule has 0 aliphatic heterocycles. The van der Waals surface area contributed by atoms with E-state index in [1.54, 1.807) is 14.2 Å². The first kappa shape index (κ1) is 14.3. The van der Waals surface area contributed by atoms with Crippen LogP contribution in [-0.4, -0.2) is 14.2 Å². The van der Waals surface area contributed by atoms with Crippen LogP contribution in [0.5, 0.6) is 11.5 Å². The molecule has 2 rings (SSSR count). The largest absolute Gasteiger partial charge is 0.493 e. The number of methoxy groups -OCH3 is 2. The maximum absolute atomic E-state index is 6.34. The smallest absolute Gasteiger partial charge is 0.169 e. The summed E-state index contributed by atoms with van der Waals surface area (Å²) in [5, 5.41) is -0.218. The van der Waals surface area contributed by atoms with Gasteiger partial charge in [0.15, 0.2) is 16.2 Å². The zero-order chi connectivity index (χ0) is 13.8. The molecule has 19 heavy (non-hydrogen) atoms. The maximum atomic E-state index is 6.34. The molecule has 0 N–H and O–H groups in total. The van der Waals surface area contributed by atoms with Gasteiger partial charge < -0.3 is 13.9 Å². The molecule has 0 bridgehead atoms. The summed E-state index contributed by atoms with van der Waals surface area (Å²) in [6.45, 7) is 0. The number of halogens is 2. The van der Waals surface area contributed by atoms with Crippen LogP contribution in [0, 0.1) is 0 Å². The highest BCUT2D eigenvalue weighted by molar-refractivity contribution is 9.10. The second-order valence-electron chi connectivity index (χ2n) is 4.00. The van der Waals surface area contributed by atoms with Crippen LogP contribution in [0.1, 0.15) is 16.7 Å². The molecule has 3 nitrogen and oxygen atoms in total. The fourth-order valence-corrected chi connectivity index (χ4v) is 2.43. The first-order chi connectivity index (χ1) is 9.13. The molecule has 5 heteroatoms. The van der Waals surface area contributed by atoms with Crippen LogP contribution in [0.2, 0.25) is 0 Å². The Morgan fingerprint density at radius 2 is 1.89 bits per heavy atom. The van der Waals surface area contributed by atoms with E-state index in [0.29, 0.717) is 22.6 Å². The Bertz CT molecular complexity index is 553. The lowest BCUT2D eigenvalue weighted by Gasteiger charge is -2.11. The number of benzene rings is 1. The van der Waals surface area contributed by atoms with Crippen molar-refractivity contribution in [2.45, 2.75) is 11.8 Å². The molecule has 1 heterocycles. The van der Waals surface area contributed by atoms with Crippen molar-refractivity contribution in [1.29, 1.82) is 0 Å².